The highest BCUT2D eigenvalue weighted by Crippen LogP contribution is 2.36. The molecule has 4 nitrogen and oxygen atoms in total. The molecule has 2 rings (SSSR count). The van der Waals surface area contributed by atoms with Crippen molar-refractivity contribution in [3.63, 3.8) is 0 Å². The number of hydrogen-bond donors (Lipinski definition) is 2. The van der Waals surface area contributed by atoms with E-state index >= 15 is 0 Å². The van der Waals surface area contributed by atoms with Gasteiger partial charge in [-0.2, -0.15) is 0 Å². The van der Waals surface area contributed by atoms with E-state index in [9.17, 15) is 4.39 Å². The Hall–Kier alpha value is -1.11. The molecule has 6 heteroatoms. The van der Waals surface area contributed by atoms with Crippen LogP contribution in [0.3, 0.4) is 0 Å². The van der Waals surface area contributed by atoms with Gasteiger partial charge in [0, 0.05) is 18.8 Å². The molecular weight excluding hydrogens is 282 g/mol. The third-order valence-electron chi connectivity index (χ3n) is 4.33. The van der Waals surface area contributed by atoms with Gasteiger partial charge in [-0.3, -0.25) is 0 Å². The standard InChI is InChI=1S/C16H26BFN2O2/c1-6-19-7-8-20-14-10-12(9-13(18)11-14)17-21-15(2,3)16(4,5)22-17/h9-11,19-20H,6-8H2,1-5H3. The second kappa shape index (κ2) is 6.56. The van der Waals surface area contributed by atoms with Crippen LogP contribution >= 0.6 is 0 Å². The Morgan fingerprint density at radius 1 is 1.05 bits per heavy atom. The third kappa shape index (κ3) is 3.80. The largest absolute Gasteiger partial charge is 0.495 e. The molecule has 0 radical (unpaired) electrons. The summed E-state index contributed by atoms with van der Waals surface area (Å²) in [5.74, 6) is -0.293. The van der Waals surface area contributed by atoms with Gasteiger partial charge in [0.15, 0.2) is 0 Å². The van der Waals surface area contributed by atoms with Gasteiger partial charge in [-0.05, 0) is 57.9 Å². The topological polar surface area (TPSA) is 42.5 Å². The van der Waals surface area contributed by atoms with Gasteiger partial charge in [0.25, 0.3) is 0 Å². The molecule has 0 amide bonds. The fourth-order valence-electron chi connectivity index (χ4n) is 2.30. The number of benzene rings is 1. The summed E-state index contributed by atoms with van der Waals surface area (Å²) in [6.07, 6.45) is 0. The van der Waals surface area contributed by atoms with Crippen LogP contribution in [0.1, 0.15) is 34.6 Å². The number of nitrogens with one attached hydrogen (secondary N) is 2. The first-order valence-corrected chi connectivity index (χ1v) is 7.86. The van der Waals surface area contributed by atoms with E-state index in [0.29, 0.717) is 5.46 Å². The van der Waals surface area contributed by atoms with Crippen LogP contribution in [0.4, 0.5) is 10.1 Å². The van der Waals surface area contributed by atoms with Gasteiger partial charge in [0.2, 0.25) is 0 Å². The molecule has 22 heavy (non-hydrogen) atoms. The van der Waals surface area contributed by atoms with Crippen LogP contribution in [0, 0.1) is 5.82 Å². The molecule has 1 heterocycles. The van der Waals surface area contributed by atoms with Gasteiger partial charge in [-0.15, -0.1) is 0 Å². The normalized spacial score (nSPS) is 19.5. The van der Waals surface area contributed by atoms with E-state index in [-0.39, 0.29) is 5.82 Å². The highest BCUT2D eigenvalue weighted by atomic mass is 19.1. The Morgan fingerprint density at radius 3 is 2.27 bits per heavy atom. The molecule has 1 aliphatic rings. The zero-order valence-electron chi connectivity index (χ0n) is 14.1. The Bertz CT molecular complexity index is 507. The van der Waals surface area contributed by atoms with Gasteiger partial charge in [-0.25, -0.2) is 4.39 Å². The summed E-state index contributed by atoms with van der Waals surface area (Å²) in [6, 6.07) is 4.84. The van der Waals surface area contributed by atoms with Gasteiger partial charge in [0.1, 0.15) is 5.82 Å². The Balaban J connectivity index is 2.10. The molecule has 0 unspecified atom stereocenters. The predicted octanol–water partition coefficient (Wildman–Crippen LogP) is 2.15. The van der Waals surface area contributed by atoms with Crippen molar-refractivity contribution < 1.29 is 13.7 Å². The smallest absolute Gasteiger partial charge is 0.399 e. The maximum atomic E-state index is 13.9. The van der Waals surface area contributed by atoms with Crippen LogP contribution in [-0.2, 0) is 9.31 Å². The van der Waals surface area contributed by atoms with Crippen LogP contribution in [0.25, 0.3) is 0 Å². The lowest BCUT2D eigenvalue weighted by atomic mass is 9.79. The summed E-state index contributed by atoms with van der Waals surface area (Å²) in [6.45, 7) is 12.5. The molecule has 0 atom stereocenters. The summed E-state index contributed by atoms with van der Waals surface area (Å²) < 4.78 is 25.8. The molecule has 1 aromatic carbocycles. The van der Waals surface area contributed by atoms with Crippen molar-refractivity contribution in [2.75, 3.05) is 25.0 Å². The van der Waals surface area contributed by atoms with Gasteiger partial charge < -0.3 is 19.9 Å². The average molecular weight is 308 g/mol. The van der Waals surface area contributed by atoms with E-state index in [1.807, 2.05) is 33.8 Å². The van der Waals surface area contributed by atoms with Gasteiger partial charge >= 0.3 is 7.12 Å². The summed E-state index contributed by atoms with van der Waals surface area (Å²) in [5, 5.41) is 6.43. The molecule has 0 aliphatic carbocycles. The van der Waals surface area contributed by atoms with Crippen LogP contribution in [0.5, 0.6) is 0 Å². The molecule has 0 aromatic heterocycles. The van der Waals surface area contributed by atoms with Crippen molar-refractivity contribution in [2.24, 2.45) is 0 Å². The molecule has 0 bridgehead atoms. The van der Waals surface area contributed by atoms with Crippen molar-refractivity contribution in [3.8, 4) is 0 Å². The van der Waals surface area contributed by atoms with E-state index < -0.39 is 18.3 Å². The fourth-order valence-corrected chi connectivity index (χ4v) is 2.30. The average Bonchev–Trinajstić information content (AvgIpc) is 2.63. The van der Waals surface area contributed by atoms with Crippen LogP contribution in [-0.4, -0.2) is 38.0 Å². The van der Waals surface area contributed by atoms with E-state index in [1.54, 1.807) is 0 Å². The number of halogens is 1. The molecule has 1 saturated heterocycles. The zero-order valence-corrected chi connectivity index (χ0v) is 14.1. The molecule has 1 aliphatic heterocycles. The second-order valence-electron chi connectivity index (χ2n) is 6.64. The first kappa shape index (κ1) is 17.3. The molecule has 0 spiro atoms. The second-order valence-corrected chi connectivity index (χ2v) is 6.64. The van der Waals surface area contributed by atoms with E-state index in [1.165, 1.54) is 12.1 Å². The van der Waals surface area contributed by atoms with Gasteiger partial charge in [0.05, 0.1) is 11.2 Å². The minimum absolute atomic E-state index is 0.293. The van der Waals surface area contributed by atoms with Crippen molar-refractivity contribution in [2.45, 2.75) is 45.8 Å². The maximum Gasteiger partial charge on any atom is 0.495 e. The van der Waals surface area contributed by atoms with E-state index in [0.717, 1.165) is 25.3 Å². The molecule has 122 valence electrons. The first-order chi connectivity index (χ1) is 10.2. The van der Waals surface area contributed by atoms with Crippen LogP contribution in [0.15, 0.2) is 18.2 Å². The Morgan fingerprint density at radius 2 is 1.68 bits per heavy atom. The van der Waals surface area contributed by atoms with Crippen molar-refractivity contribution in [3.05, 3.63) is 24.0 Å². The van der Waals surface area contributed by atoms with Crippen molar-refractivity contribution in [1.29, 1.82) is 0 Å². The molecule has 0 saturated carbocycles. The Labute approximate surface area is 132 Å². The SMILES string of the molecule is CCNCCNc1cc(F)cc(B2OC(C)(C)C(C)(C)O2)c1. The molecular formula is C16H26BFN2O2. The van der Waals surface area contributed by atoms with Crippen molar-refractivity contribution in [1.82, 2.24) is 5.32 Å². The summed E-state index contributed by atoms with van der Waals surface area (Å²) >= 11 is 0. The maximum absolute atomic E-state index is 13.9. The van der Waals surface area contributed by atoms with Crippen LogP contribution < -0.4 is 16.1 Å². The summed E-state index contributed by atoms with van der Waals surface area (Å²) in [4.78, 5) is 0. The Kier molecular flexibility index (Phi) is 5.15. The number of anilines is 1. The van der Waals surface area contributed by atoms with Gasteiger partial charge in [-0.1, -0.05) is 6.92 Å². The number of rotatable bonds is 6. The zero-order chi connectivity index (χ0) is 16.4. The lowest BCUT2D eigenvalue weighted by Gasteiger charge is -2.32. The molecule has 2 N–H and O–H groups in total. The summed E-state index contributed by atoms with van der Waals surface area (Å²) in [7, 11) is -0.546. The lowest BCUT2D eigenvalue weighted by molar-refractivity contribution is 0.00578. The highest BCUT2D eigenvalue weighted by molar-refractivity contribution is 6.62. The van der Waals surface area contributed by atoms with Crippen molar-refractivity contribution >= 4 is 18.3 Å². The molecule has 1 fully saturated rings. The fraction of sp³-hybridized carbons (Fsp3) is 0.625. The van der Waals surface area contributed by atoms with Crippen LogP contribution in [0.2, 0.25) is 0 Å². The predicted molar refractivity (Wildman–Crippen MR) is 89.1 cm³/mol. The minimum Gasteiger partial charge on any atom is -0.399 e. The van der Waals surface area contributed by atoms with E-state index in [2.05, 4.69) is 17.6 Å². The quantitative estimate of drug-likeness (QED) is 0.624. The monoisotopic (exact) mass is 308 g/mol. The minimum atomic E-state index is -0.546. The number of likely N-dealkylation sites (N-methyl/N-ethyl adjacent to an activating group) is 1. The van der Waals surface area contributed by atoms with E-state index in [4.69, 9.17) is 9.31 Å². The summed E-state index contributed by atoms with van der Waals surface area (Å²) in [5.41, 5.74) is 0.581. The third-order valence-corrected chi connectivity index (χ3v) is 4.33. The number of hydrogen-bond acceptors (Lipinski definition) is 4. The molecule has 1 aromatic rings. The highest BCUT2D eigenvalue weighted by Gasteiger charge is 2.51. The first-order valence-electron chi connectivity index (χ1n) is 7.86. The lowest BCUT2D eigenvalue weighted by Crippen LogP contribution is -2.41.